The van der Waals surface area contributed by atoms with E-state index in [1.807, 2.05) is 18.2 Å². The van der Waals surface area contributed by atoms with Crippen molar-refractivity contribution in [3.63, 3.8) is 0 Å². The van der Waals surface area contributed by atoms with Gasteiger partial charge < -0.3 is 10.6 Å². The van der Waals surface area contributed by atoms with Crippen LogP contribution in [-0.4, -0.2) is 50.3 Å². The molecule has 0 aromatic heterocycles. The number of fused-ring (bicyclic) bond motifs is 1. The van der Waals surface area contributed by atoms with Crippen molar-refractivity contribution in [2.75, 3.05) is 26.2 Å². The Bertz CT molecular complexity index is 1160. The Morgan fingerprint density at radius 3 is 2.56 bits per heavy atom. The lowest BCUT2D eigenvalue weighted by atomic mass is 9.85. The second-order valence-corrected chi connectivity index (χ2v) is 11.2. The molecule has 3 aliphatic rings. The summed E-state index contributed by atoms with van der Waals surface area (Å²) in [4.78, 5) is 5.10. The first-order chi connectivity index (χ1) is 16.0. The Kier molecular flexibility index (Phi) is 7.62. The van der Waals surface area contributed by atoms with E-state index >= 15 is 0 Å². The third-order valence-corrected chi connectivity index (χ3v) is 9.13. The molecule has 9 heteroatoms. The number of aryl methyl sites for hydroxylation is 2. The van der Waals surface area contributed by atoms with Crippen LogP contribution in [0, 0.1) is 5.82 Å². The quantitative estimate of drug-likeness (QED) is 0.666. The standard InChI is InChI=1S/C25H31FN4O2S.ClH/c26-23-8-4-3-7-21(23)18-28-24-25(29-14-13-27-24)11-15-30(16-12-25)33(31,32)22-10-9-19-5-1-2-6-20(19)17-22;/h3-4,7-10,17,29H,1-2,5-6,11-16,18H2,(H,27,28);1H. The maximum absolute atomic E-state index is 14.1. The van der Waals surface area contributed by atoms with Crippen LogP contribution < -0.4 is 10.6 Å². The summed E-state index contributed by atoms with van der Waals surface area (Å²) in [6.45, 7) is 2.60. The molecule has 1 fully saturated rings. The molecule has 0 bridgehead atoms. The largest absolute Gasteiger partial charge is 0.368 e. The second kappa shape index (κ2) is 10.3. The summed E-state index contributed by atoms with van der Waals surface area (Å²) in [5.41, 5.74) is 2.65. The number of aliphatic imine (C=N–C) groups is 1. The summed E-state index contributed by atoms with van der Waals surface area (Å²) >= 11 is 0. The van der Waals surface area contributed by atoms with E-state index in [2.05, 4.69) is 10.6 Å². The highest BCUT2D eigenvalue weighted by atomic mass is 35.5. The number of halogens is 2. The third-order valence-electron chi connectivity index (χ3n) is 7.24. The van der Waals surface area contributed by atoms with Gasteiger partial charge in [-0.2, -0.15) is 4.31 Å². The van der Waals surface area contributed by atoms with Crippen LogP contribution >= 0.6 is 12.4 Å². The van der Waals surface area contributed by atoms with Crippen molar-refractivity contribution in [2.45, 2.75) is 55.5 Å². The van der Waals surface area contributed by atoms with E-state index in [0.717, 1.165) is 31.6 Å². The molecule has 5 rings (SSSR count). The highest BCUT2D eigenvalue weighted by Crippen LogP contribution is 2.31. The molecule has 184 valence electrons. The number of nitrogens with zero attached hydrogens (tertiary/aromatic N) is 2. The molecule has 1 spiro atoms. The van der Waals surface area contributed by atoms with Crippen molar-refractivity contribution in [2.24, 2.45) is 4.99 Å². The molecule has 2 heterocycles. The van der Waals surface area contributed by atoms with Gasteiger partial charge in [0, 0.05) is 31.7 Å². The summed E-state index contributed by atoms with van der Waals surface area (Å²) in [6, 6.07) is 12.4. The maximum atomic E-state index is 14.1. The Hall–Kier alpha value is -2.00. The lowest BCUT2D eigenvalue weighted by Crippen LogP contribution is -2.64. The molecule has 1 aliphatic carbocycles. The molecule has 2 N–H and O–H groups in total. The van der Waals surface area contributed by atoms with E-state index in [4.69, 9.17) is 4.99 Å². The first-order valence-electron chi connectivity index (χ1n) is 11.9. The number of sulfonamides is 1. The predicted molar refractivity (Wildman–Crippen MR) is 135 cm³/mol. The monoisotopic (exact) mass is 506 g/mol. The zero-order valence-corrected chi connectivity index (χ0v) is 20.9. The fourth-order valence-electron chi connectivity index (χ4n) is 5.28. The highest BCUT2D eigenvalue weighted by Gasteiger charge is 2.43. The molecule has 6 nitrogen and oxygen atoms in total. The minimum atomic E-state index is -3.53. The van der Waals surface area contributed by atoms with Crippen LogP contribution in [0.3, 0.4) is 0 Å². The summed E-state index contributed by atoms with van der Waals surface area (Å²) in [5, 5.41) is 6.92. The summed E-state index contributed by atoms with van der Waals surface area (Å²) in [6.07, 6.45) is 5.54. The van der Waals surface area contributed by atoms with Gasteiger partial charge in [-0.3, -0.25) is 4.99 Å². The van der Waals surface area contributed by atoms with E-state index in [-0.39, 0.29) is 18.2 Å². The van der Waals surface area contributed by atoms with Gasteiger partial charge in [0.2, 0.25) is 10.0 Å². The van der Waals surface area contributed by atoms with E-state index < -0.39 is 15.6 Å². The van der Waals surface area contributed by atoms with Crippen LogP contribution in [0.15, 0.2) is 52.4 Å². The van der Waals surface area contributed by atoms with Crippen LogP contribution in [0.5, 0.6) is 0 Å². The fourth-order valence-corrected chi connectivity index (χ4v) is 6.78. The average molecular weight is 507 g/mol. The predicted octanol–water partition coefficient (Wildman–Crippen LogP) is 3.44. The van der Waals surface area contributed by atoms with E-state index in [1.165, 1.54) is 23.6 Å². The minimum Gasteiger partial charge on any atom is -0.368 e. The highest BCUT2D eigenvalue weighted by molar-refractivity contribution is 7.89. The first kappa shape index (κ1) is 25.1. The molecule has 0 radical (unpaired) electrons. The summed E-state index contributed by atoms with van der Waals surface area (Å²) in [7, 11) is -3.53. The Morgan fingerprint density at radius 2 is 1.79 bits per heavy atom. The lowest BCUT2D eigenvalue weighted by Gasteiger charge is -2.44. The normalized spacial score (nSPS) is 20.2. The van der Waals surface area contributed by atoms with E-state index in [9.17, 15) is 12.8 Å². The van der Waals surface area contributed by atoms with Gasteiger partial charge in [0.25, 0.3) is 0 Å². The van der Waals surface area contributed by atoms with Gasteiger partial charge in [-0.15, -0.1) is 12.4 Å². The van der Waals surface area contributed by atoms with Crippen molar-refractivity contribution in [3.05, 3.63) is 65.0 Å². The minimum absolute atomic E-state index is 0. The maximum Gasteiger partial charge on any atom is 0.243 e. The molecule has 0 saturated carbocycles. The lowest BCUT2D eigenvalue weighted by molar-refractivity contribution is 0.241. The fraction of sp³-hybridized carbons (Fsp3) is 0.480. The SMILES string of the molecule is Cl.O=S(=O)(c1ccc2c(c1)CCCC2)N1CCC2(CC1)NCCN=C2NCc1ccccc1F. The first-order valence-corrected chi connectivity index (χ1v) is 13.3. The molecule has 34 heavy (non-hydrogen) atoms. The van der Waals surface area contributed by atoms with Gasteiger partial charge in [-0.1, -0.05) is 24.3 Å². The van der Waals surface area contributed by atoms with Gasteiger partial charge in [-0.25, -0.2) is 12.8 Å². The third kappa shape index (κ3) is 4.87. The number of hydrogen-bond donors (Lipinski definition) is 2. The summed E-state index contributed by atoms with van der Waals surface area (Å²) in [5.74, 6) is 0.567. The molecule has 0 unspecified atom stereocenters. The smallest absolute Gasteiger partial charge is 0.243 e. The van der Waals surface area contributed by atoms with Crippen molar-refractivity contribution in [1.29, 1.82) is 0 Å². The molecule has 2 aromatic carbocycles. The molecule has 2 aliphatic heterocycles. The molecule has 1 saturated heterocycles. The van der Waals surface area contributed by atoms with Crippen LogP contribution in [0.2, 0.25) is 0 Å². The van der Waals surface area contributed by atoms with Crippen LogP contribution in [0.25, 0.3) is 0 Å². The van der Waals surface area contributed by atoms with Crippen LogP contribution in [0.4, 0.5) is 4.39 Å². The van der Waals surface area contributed by atoms with Gasteiger partial charge in [0.05, 0.1) is 17.0 Å². The molecule has 0 atom stereocenters. The van der Waals surface area contributed by atoms with E-state index in [1.54, 1.807) is 22.5 Å². The molecule has 0 amide bonds. The van der Waals surface area contributed by atoms with Gasteiger partial charge in [0.1, 0.15) is 11.7 Å². The topological polar surface area (TPSA) is 73.8 Å². The average Bonchev–Trinajstić information content (AvgIpc) is 2.84. The van der Waals surface area contributed by atoms with Crippen molar-refractivity contribution >= 4 is 28.3 Å². The molecule has 2 aromatic rings. The zero-order valence-electron chi connectivity index (χ0n) is 19.2. The Morgan fingerprint density at radius 1 is 1.06 bits per heavy atom. The number of rotatable bonds is 4. The van der Waals surface area contributed by atoms with Gasteiger partial charge >= 0.3 is 0 Å². The van der Waals surface area contributed by atoms with Gasteiger partial charge in [-0.05, 0) is 67.9 Å². The molecular formula is C25H32ClFN4O2S. The summed E-state index contributed by atoms with van der Waals surface area (Å²) < 4.78 is 42.4. The second-order valence-electron chi connectivity index (χ2n) is 9.23. The van der Waals surface area contributed by atoms with Crippen molar-refractivity contribution in [3.8, 4) is 0 Å². The number of piperidine rings is 1. The number of hydrogen-bond acceptors (Lipinski definition) is 5. The number of nitrogens with one attached hydrogen (secondary N) is 2. The van der Waals surface area contributed by atoms with Crippen molar-refractivity contribution < 1.29 is 12.8 Å². The number of benzene rings is 2. The molecular weight excluding hydrogens is 475 g/mol. The zero-order chi connectivity index (χ0) is 22.9. The van der Waals surface area contributed by atoms with Gasteiger partial charge in [0.15, 0.2) is 0 Å². The van der Waals surface area contributed by atoms with Crippen LogP contribution in [-0.2, 0) is 29.4 Å². The van der Waals surface area contributed by atoms with Crippen molar-refractivity contribution in [1.82, 2.24) is 14.9 Å². The number of amidine groups is 1. The Labute approximate surface area is 207 Å². The van der Waals surface area contributed by atoms with E-state index in [0.29, 0.717) is 49.5 Å². The van der Waals surface area contributed by atoms with Crippen LogP contribution in [0.1, 0.15) is 42.4 Å². The Balaban J connectivity index is 0.00000274.